The Morgan fingerprint density at radius 1 is 1.23 bits per heavy atom. The van der Waals surface area contributed by atoms with Gasteiger partial charge in [-0.25, -0.2) is 0 Å². The number of carbonyl (C=O) groups is 1. The number of hydrogen-bond donors (Lipinski definition) is 1. The summed E-state index contributed by atoms with van der Waals surface area (Å²) in [6.45, 7) is 2.31. The fourth-order valence-corrected chi connectivity index (χ4v) is 3.42. The number of hydrogen-bond acceptors (Lipinski definition) is 8. The van der Waals surface area contributed by atoms with Crippen molar-refractivity contribution in [3.63, 3.8) is 0 Å². The number of ether oxygens (including phenoxy) is 1. The molecule has 26 heavy (non-hydrogen) atoms. The third kappa shape index (κ3) is 4.79. The number of amides is 1. The molecule has 0 bridgehead atoms. The molecule has 2 heterocycles. The number of nitrogens with one attached hydrogen (secondary N) is 1. The van der Waals surface area contributed by atoms with E-state index in [4.69, 9.17) is 4.74 Å². The molecule has 0 fully saturated rings. The summed E-state index contributed by atoms with van der Waals surface area (Å²) in [4.78, 5) is 12.0. The molecule has 0 aliphatic rings. The van der Waals surface area contributed by atoms with E-state index in [1.54, 1.807) is 0 Å². The minimum absolute atomic E-state index is 0.154. The Morgan fingerprint density at radius 3 is 2.77 bits per heavy atom. The number of aromatic nitrogens is 5. The van der Waals surface area contributed by atoms with E-state index >= 15 is 0 Å². The van der Waals surface area contributed by atoms with Gasteiger partial charge < -0.3 is 9.30 Å². The zero-order valence-electron chi connectivity index (χ0n) is 14.4. The van der Waals surface area contributed by atoms with Crippen LogP contribution in [0.5, 0.6) is 5.75 Å². The van der Waals surface area contributed by atoms with Crippen LogP contribution in [0.1, 0.15) is 17.8 Å². The molecule has 0 atom stereocenters. The maximum Gasteiger partial charge on any atom is 0.236 e. The van der Waals surface area contributed by atoms with Crippen molar-refractivity contribution in [3.8, 4) is 5.75 Å². The maximum absolute atomic E-state index is 12.0. The fraction of sp³-hybridized carbons (Fsp3) is 0.312. The molecule has 0 unspecified atom stereocenters. The van der Waals surface area contributed by atoms with Crippen LogP contribution in [-0.2, 0) is 24.9 Å². The Hall–Kier alpha value is -2.46. The molecule has 2 aromatic heterocycles. The number of nitrogens with zero attached hydrogens (tertiary/aromatic N) is 5. The first-order valence-electron chi connectivity index (χ1n) is 7.97. The van der Waals surface area contributed by atoms with Crippen molar-refractivity contribution < 1.29 is 9.53 Å². The van der Waals surface area contributed by atoms with E-state index in [0.29, 0.717) is 22.7 Å². The lowest BCUT2D eigenvalue weighted by molar-refractivity contribution is -0.113. The topological polar surface area (TPSA) is 94.8 Å². The fourth-order valence-electron chi connectivity index (χ4n) is 1.99. The lowest BCUT2D eigenvalue weighted by Crippen LogP contribution is -2.14. The standard InChI is InChI=1S/C16H18N6O2S2/c1-3-14-19-20-15(26-14)17-13(23)10-25-16-21-18-12(22(16)2)9-24-11-7-5-4-6-8-11/h4-8H,3,9-10H2,1-2H3,(H,17,20,23). The van der Waals surface area contributed by atoms with Crippen molar-refractivity contribution >= 4 is 34.1 Å². The van der Waals surface area contributed by atoms with Gasteiger partial charge in [-0.3, -0.25) is 10.1 Å². The second kappa shape index (κ2) is 8.77. The molecule has 1 aromatic carbocycles. The van der Waals surface area contributed by atoms with Gasteiger partial charge in [-0.2, -0.15) is 0 Å². The van der Waals surface area contributed by atoms with Crippen LogP contribution in [-0.4, -0.2) is 36.6 Å². The van der Waals surface area contributed by atoms with Gasteiger partial charge in [0, 0.05) is 7.05 Å². The van der Waals surface area contributed by atoms with E-state index in [9.17, 15) is 4.79 Å². The van der Waals surface area contributed by atoms with Gasteiger partial charge in [-0.1, -0.05) is 48.2 Å². The van der Waals surface area contributed by atoms with Crippen molar-refractivity contribution in [2.24, 2.45) is 7.05 Å². The second-order valence-corrected chi connectivity index (χ2v) is 7.26. The van der Waals surface area contributed by atoms with E-state index in [1.165, 1.54) is 23.1 Å². The first kappa shape index (κ1) is 18.3. The molecule has 1 amide bonds. The molecule has 8 nitrogen and oxygen atoms in total. The van der Waals surface area contributed by atoms with Gasteiger partial charge in [-0.15, -0.1) is 20.4 Å². The van der Waals surface area contributed by atoms with E-state index in [-0.39, 0.29) is 11.7 Å². The van der Waals surface area contributed by atoms with E-state index in [2.05, 4.69) is 25.7 Å². The highest BCUT2D eigenvalue weighted by Gasteiger charge is 2.13. The summed E-state index contributed by atoms with van der Waals surface area (Å²) in [7, 11) is 1.85. The molecule has 0 saturated heterocycles. The number of benzene rings is 1. The van der Waals surface area contributed by atoms with Crippen molar-refractivity contribution in [2.45, 2.75) is 25.1 Å². The van der Waals surface area contributed by atoms with Crippen molar-refractivity contribution in [3.05, 3.63) is 41.2 Å². The summed E-state index contributed by atoms with van der Waals surface area (Å²) in [5.74, 6) is 1.52. The lowest BCUT2D eigenvalue weighted by atomic mass is 10.3. The average Bonchev–Trinajstić information content (AvgIpc) is 3.25. The highest BCUT2D eigenvalue weighted by Crippen LogP contribution is 2.19. The Balaban J connectivity index is 1.50. The molecular weight excluding hydrogens is 372 g/mol. The van der Waals surface area contributed by atoms with Crippen molar-refractivity contribution in [2.75, 3.05) is 11.1 Å². The minimum Gasteiger partial charge on any atom is -0.486 e. The van der Waals surface area contributed by atoms with E-state index < -0.39 is 0 Å². The molecule has 10 heteroatoms. The Bertz CT molecular complexity index is 865. The number of para-hydroxylation sites is 1. The summed E-state index contributed by atoms with van der Waals surface area (Å²) in [5, 5.41) is 21.0. The van der Waals surface area contributed by atoms with Gasteiger partial charge in [0.25, 0.3) is 0 Å². The van der Waals surface area contributed by atoms with Gasteiger partial charge >= 0.3 is 0 Å². The Morgan fingerprint density at radius 2 is 2.04 bits per heavy atom. The molecule has 3 aromatic rings. The van der Waals surface area contributed by atoms with E-state index in [1.807, 2.05) is 48.9 Å². The van der Waals surface area contributed by atoms with Crippen LogP contribution in [0.3, 0.4) is 0 Å². The van der Waals surface area contributed by atoms with Crippen LogP contribution >= 0.6 is 23.1 Å². The molecule has 0 spiro atoms. The van der Waals surface area contributed by atoms with Crippen LogP contribution in [0.2, 0.25) is 0 Å². The lowest BCUT2D eigenvalue weighted by Gasteiger charge is -2.06. The number of aryl methyl sites for hydroxylation is 1. The largest absolute Gasteiger partial charge is 0.486 e. The van der Waals surface area contributed by atoms with E-state index in [0.717, 1.165) is 17.2 Å². The summed E-state index contributed by atoms with van der Waals surface area (Å²) < 4.78 is 7.50. The van der Waals surface area contributed by atoms with Gasteiger partial charge in [0.15, 0.2) is 11.0 Å². The molecule has 0 saturated carbocycles. The number of thioether (sulfide) groups is 1. The summed E-state index contributed by atoms with van der Waals surface area (Å²) in [6.07, 6.45) is 0.801. The molecule has 3 rings (SSSR count). The van der Waals surface area contributed by atoms with Crippen LogP contribution < -0.4 is 10.1 Å². The van der Waals surface area contributed by atoms with Crippen LogP contribution in [0.25, 0.3) is 0 Å². The maximum atomic E-state index is 12.0. The van der Waals surface area contributed by atoms with Crippen molar-refractivity contribution in [1.29, 1.82) is 0 Å². The Labute approximate surface area is 159 Å². The number of carbonyl (C=O) groups excluding carboxylic acids is 1. The highest BCUT2D eigenvalue weighted by atomic mass is 32.2. The molecule has 0 aliphatic carbocycles. The second-order valence-electron chi connectivity index (χ2n) is 5.25. The first-order valence-corrected chi connectivity index (χ1v) is 9.77. The van der Waals surface area contributed by atoms with Gasteiger partial charge in [0.05, 0.1) is 5.75 Å². The molecule has 0 radical (unpaired) electrons. The third-order valence-electron chi connectivity index (χ3n) is 3.38. The highest BCUT2D eigenvalue weighted by molar-refractivity contribution is 7.99. The number of rotatable bonds is 8. The average molecular weight is 390 g/mol. The van der Waals surface area contributed by atoms with Gasteiger partial charge in [-0.05, 0) is 18.6 Å². The molecule has 0 aliphatic heterocycles. The van der Waals surface area contributed by atoms with Gasteiger partial charge in [0.2, 0.25) is 11.0 Å². The zero-order chi connectivity index (χ0) is 18.4. The monoisotopic (exact) mass is 390 g/mol. The minimum atomic E-state index is -0.154. The summed E-state index contributed by atoms with van der Waals surface area (Å²) >= 11 is 2.69. The predicted molar refractivity (Wildman–Crippen MR) is 100 cm³/mol. The predicted octanol–water partition coefficient (Wildman–Crippen LogP) is 2.54. The summed E-state index contributed by atoms with van der Waals surface area (Å²) in [5.41, 5.74) is 0. The SMILES string of the molecule is CCc1nnc(NC(=O)CSc2nnc(COc3ccccc3)n2C)s1. The smallest absolute Gasteiger partial charge is 0.236 e. The Kier molecular flexibility index (Phi) is 6.18. The molecular formula is C16H18N6O2S2. The molecule has 1 N–H and O–H groups in total. The van der Waals surface area contributed by atoms with Crippen molar-refractivity contribution in [1.82, 2.24) is 25.0 Å². The normalized spacial score (nSPS) is 10.7. The third-order valence-corrected chi connectivity index (χ3v) is 5.39. The van der Waals surface area contributed by atoms with Crippen LogP contribution in [0.15, 0.2) is 35.5 Å². The van der Waals surface area contributed by atoms with Crippen LogP contribution in [0.4, 0.5) is 5.13 Å². The number of anilines is 1. The first-order chi connectivity index (χ1) is 12.7. The summed E-state index contributed by atoms with van der Waals surface area (Å²) in [6, 6.07) is 9.52. The van der Waals surface area contributed by atoms with Gasteiger partial charge in [0.1, 0.15) is 17.4 Å². The zero-order valence-corrected chi connectivity index (χ0v) is 16.0. The molecule has 136 valence electrons. The van der Waals surface area contributed by atoms with Crippen LogP contribution in [0, 0.1) is 0 Å². The quantitative estimate of drug-likeness (QED) is 0.591.